The van der Waals surface area contributed by atoms with Crippen molar-refractivity contribution in [2.24, 2.45) is 0 Å². The van der Waals surface area contributed by atoms with E-state index in [-0.39, 0.29) is 5.92 Å². The number of rotatable bonds is 2. The van der Waals surface area contributed by atoms with Crippen LogP contribution in [0.25, 0.3) is 22.2 Å². The second-order valence-electron chi connectivity index (χ2n) is 6.26. The quantitative estimate of drug-likeness (QED) is 0.468. The molecule has 1 N–H and O–H groups in total. The third-order valence-corrected chi connectivity index (χ3v) is 5.01. The van der Waals surface area contributed by atoms with Crippen LogP contribution in [0.2, 0.25) is 0 Å². The first-order valence-corrected chi connectivity index (χ1v) is 8.20. The molecule has 24 heavy (non-hydrogen) atoms. The maximum absolute atomic E-state index is 5.46. The standard InChI is InChI=1S/C22H17NO/c1-24-15-11-12-19-18(13-15)21-20(14-7-3-2-4-8-14)16-9-5-6-10-17(16)22(21)23-19/h2-13,20,23H,1H3. The maximum atomic E-state index is 5.46. The van der Waals surface area contributed by atoms with E-state index in [0.717, 1.165) is 11.3 Å². The van der Waals surface area contributed by atoms with E-state index in [9.17, 15) is 0 Å². The van der Waals surface area contributed by atoms with E-state index < -0.39 is 0 Å². The molecule has 0 bridgehead atoms. The van der Waals surface area contributed by atoms with Crippen molar-refractivity contribution < 1.29 is 4.74 Å². The van der Waals surface area contributed by atoms with Crippen LogP contribution in [-0.4, -0.2) is 12.1 Å². The second kappa shape index (κ2) is 5.00. The van der Waals surface area contributed by atoms with Crippen LogP contribution in [-0.2, 0) is 0 Å². The highest BCUT2D eigenvalue weighted by Crippen LogP contribution is 2.50. The van der Waals surface area contributed by atoms with Crippen molar-refractivity contribution in [3.8, 4) is 17.0 Å². The van der Waals surface area contributed by atoms with Gasteiger partial charge in [-0.25, -0.2) is 0 Å². The van der Waals surface area contributed by atoms with Gasteiger partial charge < -0.3 is 9.72 Å². The maximum Gasteiger partial charge on any atom is 0.119 e. The van der Waals surface area contributed by atoms with Crippen molar-refractivity contribution in [1.82, 2.24) is 4.98 Å². The molecule has 3 aromatic carbocycles. The predicted molar refractivity (Wildman–Crippen MR) is 97.7 cm³/mol. The Morgan fingerprint density at radius 3 is 2.50 bits per heavy atom. The van der Waals surface area contributed by atoms with E-state index in [4.69, 9.17) is 4.74 Å². The number of benzene rings is 3. The first-order chi connectivity index (χ1) is 11.9. The first-order valence-electron chi connectivity index (χ1n) is 8.20. The Morgan fingerprint density at radius 2 is 1.67 bits per heavy atom. The van der Waals surface area contributed by atoms with Crippen LogP contribution in [0, 0.1) is 0 Å². The Balaban J connectivity index is 1.86. The number of methoxy groups -OCH3 is 1. The lowest BCUT2D eigenvalue weighted by Gasteiger charge is -2.14. The molecule has 0 saturated carbocycles. The van der Waals surface area contributed by atoms with Gasteiger partial charge in [-0.2, -0.15) is 0 Å². The molecule has 2 nitrogen and oxygen atoms in total. The molecular formula is C22H17NO. The Bertz CT molecular complexity index is 1050. The van der Waals surface area contributed by atoms with Crippen LogP contribution in [0.4, 0.5) is 0 Å². The van der Waals surface area contributed by atoms with Gasteiger partial charge in [-0.1, -0.05) is 54.6 Å². The fourth-order valence-corrected chi connectivity index (χ4v) is 3.95. The summed E-state index contributed by atoms with van der Waals surface area (Å²) in [4.78, 5) is 3.63. The molecule has 1 aromatic heterocycles. The minimum Gasteiger partial charge on any atom is -0.497 e. The van der Waals surface area contributed by atoms with Gasteiger partial charge in [-0.05, 0) is 34.9 Å². The summed E-state index contributed by atoms with van der Waals surface area (Å²) in [5.41, 5.74) is 7.76. The normalized spacial score (nSPS) is 15.3. The number of ether oxygens (including phenoxy) is 1. The molecule has 1 aliphatic rings. The molecule has 1 unspecified atom stereocenters. The number of nitrogens with one attached hydrogen (secondary N) is 1. The Kier molecular flexibility index (Phi) is 2.80. The fraction of sp³-hybridized carbons (Fsp3) is 0.0909. The number of H-pyrrole nitrogens is 1. The Hall–Kier alpha value is -3.00. The molecule has 0 saturated heterocycles. The summed E-state index contributed by atoms with van der Waals surface area (Å²) in [6, 6.07) is 25.7. The van der Waals surface area contributed by atoms with E-state index in [1.54, 1.807) is 7.11 Å². The third kappa shape index (κ3) is 1.77. The summed E-state index contributed by atoms with van der Waals surface area (Å²) in [6.45, 7) is 0. The van der Waals surface area contributed by atoms with Crippen LogP contribution < -0.4 is 4.74 Å². The fourth-order valence-electron chi connectivity index (χ4n) is 3.95. The summed E-state index contributed by atoms with van der Waals surface area (Å²) < 4.78 is 5.46. The molecule has 116 valence electrons. The van der Waals surface area contributed by atoms with Crippen molar-refractivity contribution in [1.29, 1.82) is 0 Å². The second-order valence-corrected chi connectivity index (χ2v) is 6.26. The van der Waals surface area contributed by atoms with Crippen LogP contribution in [0.3, 0.4) is 0 Å². The molecule has 4 aromatic rings. The largest absolute Gasteiger partial charge is 0.497 e. The topological polar surface area (TPSA) is 25.0 Å². The van der Waals surface area contributed by atoms with Crippen molar-refractivity contribution in [2.45, 2.75) is 5.92 Å². The number of aromatic amines is 1. The lowest BCUT2D eigenvalue weighted by atomic mass is 9.88. The van der Waals surface area contributed by atoms with E-state index in [1.807, 2.05) is 6.07 Å². The molecule has 0 aliphatic heterocycles. The van der Waals surface area contributed by atoms with E-state index in [0.29, 0.717) is 0 Å². The van der Waals surface area contributed by atoms with E-state index >= 15 is 0 Å². The summed E-state index contributed by atoms with van der Waals surface area (Å²) in [7, 11) is 1.72. The molecule has 2 heteroatoms. The number of hydrogen-bond acceptors (Lipinski definition) is 1. The smallest absolute Gasteiger partial charge is 0.119 e. The van der Waals surface area contributed by atoms with Gasteiger partial charge in [-0.3, -0.25) is 0 Å². The van der Waals surface area contributed by atoms with Crippen LogP contribution in [0.1, 0.15) is 22.6 Å². The highest BCUT2D eigenvalue weighted by atomic mass is 16.5. The Morgan fingerprint density at radius 1 is 0.875 bits per heavy atom. The molecule has 0 spiro atoms. The zero-order chi connectivity index (χ0) is 16.1. The molecule has 0 radical (unpaired) electrons. The Labute approximate surface area is 140 Å². The van der Waals surface area contributed by atoms with Crippen molar-refractivity contribution in [3.63, 3.8) is 0 Å². The summed E-state index contributed by atoms with van der Waals surface area (Å²) in [5, 5.41) is 1.24. The number of fused-ring (bicyclic) bond motifs is 5. The van der Waals surface area contributed by atoms with Crippen LogP contribution >= 0.6 is 0 Å². The van der Waals surface area contributed by atoms with Gasteiger partial charge in [0.2, 0.25) is 0 Å². The summed E-state index contributed by atoms with van der Waals surface area (Å²) in [6.07, 6.45) is 0. The van der Waals surface area contributed by atoms with Gasteiger partial charge in [0.05, 0.1) is 12.8 Å². The number of aromatic nitrogens is 1. The van der Waals surface area contributed by atoms with Gasteiger partial charge in [0, 0.05) is 22.4 Å². The average Bonchev–Trinajstić information content (AvgIpc) is 3.16. The SMILES string of the molecule is COc1ccc2[nH]c3c(c2c1)C(c1ccccc1)c1ccccc1-3. The van der Waals surface area contributed by atoms with Crippen LogP contribution in [0.15, 0.2) is 72.8 Å². The van der Waals surface area contributed by atoms with Gasteiger partial charge in [0.1, 0.15) is 5.75 Å². The summed E-state index contributed by atoms with van der Waals surface area (Å²) in [5.74, 6) is 1.16. The molecule has 1 atom stereocenters. The molecule has 0 fully saturated rings. The molecule has 1 aliphatic carbocycles. The van der Waals surface area contributed by atoms with Gasteiger partial charge >= 0.3 is 0 Å². The highest BCUT2D eigenvalue weighted by Gasteiger charge is 2.33. The van der Waals surface area contributed by atoms with Gasteiger partial charge in [-0.15, -0.1) is 0 Å². The predicted octanol–water partition coefficient (Wildman–Crippen LogP) is 5.34. The lowest BCUT2D eigenvalue weighted by molar-refractivity contribution is 0.415. The van der Waals surface area contributed by atoms with Gasteiger partial charge in [0.15, 0.2) is 0 Å². The molecular weight excluding hydrogens is 294 g/mol. The van der Waals surface area contributed by atoms with E-state index in [2.05, 4.69) is 71.7 Å². The third-order valence-electron chi connectivity index (χ3n) is 5.01. The first kappa shape index (κ1) is 13.4. The zero-order valence-electron chi connectivity index (χ0n) is 13.4. The molecule has 0 amide bonds. The zero-order valence-corrected chi connectivity index (χ0v) is 13.4. The summed E-state index contributed by atoms with van der Waals surface area (Å²) >= 11 is 0. The minimum absolute atomic E-state index is 0.262. The monoisotopic (exact) mass is 311 g/mol. The highest BCUT2D eigenvalue weighted by molar-refractivity contribution is 5.97. The van der Waals surface area contributed by atoms with Crippen LogP contribution in [0.5, 0.6) is 5.75 Å². The average molecular weight is 311 g/mol. The van der Waals surface area contributed by atoms with Crippen molar-refractivity contribution in [2.75, 3.05) is 7.11 Å². The minimum atomic E-state index is 0.262. The van der Waals surface area contributed by atoms with Crippen molar-refractivity contribution in [3.05, 3.63) is 89.5 Å². The number of hydrogen-bond donors (Lipinski definition) is 1. The molecule has 1 heterocycles. The van der Waals surface area contributed by atoms with Crippen molar-refractivity contribution >= 4 is 10.9 Å². The van der Waals surface area contributed by atoms with Gasteiger partial charge in [0.25, 0.3) is 0 Å². The van der Waals surface area contributed by atoms with E-state index in [1.165, 1.54) is 33.3 Å². The lowest BCUT2D eigenvalue weighted by Crippen LogP contribution is -1.98. The molecule has 5 rings (SSSR count).